The van der Waals surface area contributed by atoms with Crippen LogP contribution in [0.1, 0.15) is 23.3 Å². The van der Waals surface area contributed by atoms with Crippen LogP contribution in [0.3, 0.4) is 0 Å². The Balaban J connectivity index is 1.56. The van der Waals surface area contributed by atoms with Gasteiger partial charge in [-0.25, -0.2) is 18.9 Å². The van der Waals surface area contributed by atoms with Crippen LogP contribution in [0.4, 0.5) is 0 Å². The summed E-state index contributed by atoms with van der Waals surface area (Å²) in [5, 5.41) is 13.9. The average molecular weight is 377 g/mol. The van der Waals surface area contributed by atoms with Crippen LogP contribution in [-0.2, 0) is 18.6 Å². The molecule has 140 valence electrons. The summed E-state index contributed by atoms with van der Waals surface area (Å²) < 4.78 is 30.6. The highest BCUT2D eigenvalue weighted by atomic mass is 31.2. The molecule has 2 fully saturated rings. The summed E-state index contributed by atoms with van der Waals surface area (Å²) in [5.41, 5.74) is 5.08. The molecular formula is C12H20N5O7P. The molecule has 2 saturated heterocycles. The summed E-state index contributed by atoms with van der Waals surface area (Å²) in [5.74, 6) is -0.986. The summed E-state index contributed by atoms with van der Waals surface area (Å²) in [6, 6.07) is 0. The van der Waals surface area contributed by atoms with Gasteiger partial charge in [0, 0.05) is 19.5 Å². The summed E-state index contributed by atoms with van der Waals surface area (Å²) in [6.45, 7) is 1.17. The number of carbonyl (C=O) groups excluding carboxylic acids is 1. The highest BCUT2D eigenvalue weighted by Crippen LogP contribution is 2.47. The van der Waals surface area contributed by atoms with Crippen molar-refractivity contribution in [2.75, 3.05) is 32.9 Å². The largest absolute Gasteiger partial charge is 0.405 e. The van der Waals surface area contributed by atoms with Gasteiger partial charge in [-0.15, -0.1) is 5.10 Å². The molecule has 0 aliphatic carbocycles. The minimum absolute atomic E-state index is 0.171. The van der Waals surface area contributed by atoms with Crippen molar-refractivity contribution in [1.29, 1.82) is 0 Å². The predicted octanol–water partition coefficient (Wildman–Crippen LogP) is -1.53. The zero-order valence-electron chi connectivity index (χ0n) is 13.3. The van der Waals surface area contributed by atoms with Gasteiger partial charge in [-0.2, -0.15) is 0 Å². The SMILES string of the molecule is NC(=O)c1ncn([C@@H]2O[C@H](COP(=O)(O)N3CCOCC3)C[C@H]2O)n1. The van der Waals surface area contributed by atoms with Crippen LogP contribution in [-0.4, -0.2) is 80.5 Å². The van der Waals surface area contributed by atoms with Crippen LogP contribution < -0.4 is 5.73 Å². The van der Waals surface area contributed by atoms with Gasteiger partial charge in [0.25, 0.3) is 5.91 Å². The maximum absolute atomic E-state index is 12.2. The van der Waals surface area contributed by atoms with E-state index in [1.54, 1.807) is 0 Å². The second-order valence-electron chi connectivity index (χ2n) is 5.72. The number of carbonyl (C=O) groups is 1. The first-order chi connectivity index (χ1) is 11.9. The summed E-state index contributed by atoms with van der Waals surface area (Å²) in [4.78, 5) is 24.8. The number of aliphatic hydroxyl groups is 1. The molecule has 1 amide bonds. The lowest BCUT2D eigenvalue weighted by Crippen LogP contribution is -2.34. The number of nitrogens with zero attached hydrogens (tertiary/aromatic N) is 4. The minimum Gasteiger partial charge on any atom is -0.388 e. The van der Waals surface area contributed by atoms with Crippen molar-refractivity contribution in [3.63, 3.8) is 0 Å². The van der Waals surface area contributed by atoms with E-state index in [1.807, 2.05) is 0 Å². The topological polar surface area (TPSA) is 162 Å². The van der Waals surface area contributed by atoms with Crippen molar-refractivity contribution in [3.8, 4) is 0 Å². The summed E-state index contributed by atoms with van der Waals surface area (Å²) >= 11 is 0. The number of aromatic nitrogens is 3. The van der Waals surface area contributed by atoms with Gasteiger partial charge in [-0.1, -0.05) is 0 Å². The van der Waals surface area contributed by atoms with Crippen LogP contribution in [0, 0.1) is 0 Å². The van der Waals surface area contributed by atoms with E-state index in [1.165, 1.54) is 15.7 Å². The Morgan fingerprint density at radius 1 is 1.48 bits per heavy atom. The molecule has 2 aliphatic rings. The standard InChI is InChI=1S/C12H20N5O7P/c13-10(19)11-14-7-17(15-11)12-9(18)5-8(24-12)6-23-25(20,21)16-1-3-22-4-2-16/h7-9,12,18H,1-6H2,(H2,13,19)(H,20,21)/t8-,9+,12+/m0/s1. The normalized spacial score (nSPS) is 30.2. The zero-order valence-corrected chi connectivity index (χ0v) is 14.2. The first-order valence-electron chi connectivity index (χ1n) is 7.72. The number of rotatable bonds is 6. The van der Waals surface area contributed by atoms with E-state index in [4.69, 9.17) is 19.7 Å². The van der Waals surface area contributed by atoms with Gasteiger partial charge < -0.3 is 25.2 Å². The molecule has 0 spiro atoms. The Hall–Kier alpha value is -1.40. The maximum Gasteiger partial charge on any atom is 0.405 e. The molecule has 0 saturated carbocycles. The summed E-state index contributed by atoms with van der Waals surface area (Å²) in [7, 11) is -3.95. The number of amides is 1. The third-order valence-corrected chi connectivity index (χ3v) is 5.53. The Morgan fingerprint density at radius 3 is 2.84 bits per heavy atom. The van der Waals surface area contributed by atoms with E-state index in [-0.39, 0.29) is 18.9 Å². The van der Waals surface area contributed by atoms with Crippen molar-refractivity contribution >= 4 is 13.7 Å². The molecule has 3 heterocycles. The Bertz CT molecular complexity index is 664. The molecule has 13 heteroatoms. The van der Waals surface area contributed by atoms with E-state index in [0.717, 1.165) is 0 Å². The van der Waals surface area contributed by atoms with Crippen LogP contribution >= 0.6 is 7.75 Å². The van der Waals surface area contributed by atoms with E-state index in [0.29, 0.717) is 26.3 Å². The lowest BCUT2D eigenvalue weighted by molar-refractivity contribution is -0.0568. The van der Waals surface area contributed by atoms with E-state index < -0.39 is 32.1 Å². The van der Waals surface area contributed by atoms with Crippen molar-refractivity contribution in [1.82, 2.24) is 19.4 Å². The van der Waals surface area contributed by atoms with Crippen molar-refractivity contribution in [2.45, 2.75) is 24.9 Å². The fourth-order valence-corrected chi connectivity index (χ4v) is 3.85. The van der Waals surface area contributed by atoms with E-state index in [9.17, 15) is 19.4 Å². The van der Waals surface area contributed by atoms with Crippen molar-refractivity contribution in [3.05, 3.63) is 12.2 Å². The molecule has 3 rings (SSSR count). The minimum atomic E-state index is -3.95. The maximum atomic E-state index is 12.2. The number of aliphatic hydroxyl groups excluding tert-OH is 1. The van der Waals surface area contributed by atoms with E-state index in [2.05, 4.69) is 10.1 Å². The number of primary amides is 1. The first kappa shape index (κ1) is 18.4. The lowest BCUT2D eigenvalue weighted by atomic mass is 10.2. The highest BCUT2D eigenvalue weighted by molar-refractivity contribution is 7.50. The molecule has 25 heavy (non-hydrogen) atoms. The van der Waals surface area contributed by atoms with Crippen molar-refractivity contribution < 1.29 is 33.4 Å². The molecular weight excluding hydrogens is 357 g/mol. The molecule has 4 N–H and O–H groups in total. The highest BCUT2D eigenvalue weighted by Gasteiger charge is 2.39. The molecule has 0 radical (unpaired) electrons. The first-order valence-corrected chi connectivity index (χ1v) is 9.25. The average Bonchev–Trinajstić information content (AvgIpc) is 3.20. The van der Waals surface area contributed by atoms with Gasteiger partial charge in [0.1, 0.15) is 12.4 Å². The van der Waals surface area contributed by atoms with Crippen molar-refractivity contribution in [2.24, 2.45) is 5.73 Å². The van der Waals surface area contributed by atoms with E-state index >= 15 is 0 Å². The van der Waals surface area contributed by atoms with Crippen LogP contribution in [0.5, 0.6) is 0 Å². The second-order valence-corrected chi connectivity index (χ2v) is 7.52. The van der Waals surface area contributed by atoms with Crippen LogP contribution in [0.25, 0.3) is 0 Å². The third-order valence-electron chi connectivity index (χ3n) is 3.93. The number of ether oxygens (including phenoxy) is 2. The third kappa shape index (κ3) is 4.23. The van der Waals surface area contributed by atoms with Gasteiger partial charge in [0.05, 0.1) is 25.9 Å². The van der Waals surface area contributed by atoms with Gasteiger partial charge in [0.2, 0.25) is 5.82 Å². The number of hydrogen-bond acceptors (Lipinski definition) is 8. The fourth-order valence-electron chi connectivity index (χ4n) is 2.65. The zero-order chi connectivity index (χ0) is 18.0. The summed E-state index contributed by atoms with van der Waals surface area (Å²) in [6.07, 6.45) is -1.02. The lowest BCUT2D eigenvalue weighted by Gasteiger charge is -2.30. The number of hydrogen-bond donors (Lipinski definition) is 3. The molecule has 1 unspecified atom stereocenters. The second kappa shape index (κ2) is 7.46. The number of morpholine rings is 1. The van der Waals surface area contributed by atoms with Crippen LogP contribution in [0.15, 0.2) is 6.33 Å². The fraction of sp³-hybridized carbons (Fsp3) is 0.750. The molecule has 4 atom stereocenters. The van der Waals surface area contributed by atoms with Gasteiger partial charge in [0.15, 0.2) is 6.23 Å². The number of nitrogens with two attached hydrogens (primary N) is 1. The Morgan fingerprint density at radius 2 is 2.20 bits per heavy atom. The molecule has 2 aliphatic heterocycles. The molecule has 0 aromatic carbocycles. The Labute approximate surface area is 143 Å². The van der Waals surface area contributed by atoms with Crippen LogP contribution in [0.2, 0.25) is 0 Å². The monoisotopic (exact) mass is 377 g/mol. The van der Waals surface area contributed by atoms with Gasteiger partial charge >= 0.3 is 7.75 Å². The predicted molar refractivity (Wildman–Crippen MR) is 81.2 cm³/mol. The molecule has 1 aromatic rings. The Kier molecular flexibility index (Phi) is 5.49. The quantitative estimate of drug-likeness (QED) is 0.496. The molecule has 12 nitrogen and oxygen atoms in total. The molecule has 0 bridgehead atoms. The van der Waals surface area contributed by atoms with Gasteiger partial charge in [-0.3, -0.25) is 9.32 Å². The van der Waals surface area contributed by atoms with Gasteiger partial charge in [-0.05, 0) is 0 Å². The molecule has 1 aromatic heterocycles. The smallest absolute Gasteiger partial charge is 0.388 e.